The van der Waals surface area contributed by atoms with Gasteiger partial charge in [0.1, 0.15) is 0 Å². The van der Waals surface area contributed by atoms with Gasteiger partial charge < -0.3 is 4.90 Å². The molecule has 156 valence electrons. The third kappa shape index (κ3) is 4.59. The lowest BCUT2D eigenvalue weighted by atomic mass is 10.1. The highest BCUT2D eigenvalue weighted by Gasteiger charge is 2.20. The SMILES string of the molecule is Cc1ccc(-c2nnc(SCC(=O)N3CCCCCC3)n2-c2ccccc2)cc1C. The van der Waals surface area contributed by atoms with Crippen molar-refractivity contribution in [1.29, 1.82) is 0 Å². The number of hydrogen-bond donors (Lipinski definition) is 0. The summed E-state index contributed by atoms with van der Waals surface area (Å²) in [4.78, 5) is 14.8. The molecule has 0 saturated carbocycles. The highest BCUT2D eigenvalue weighted by atomic mass is 32.2. The van der Waals surface area contributed by atoms with Crippen molar-refractivity contribution in [2.75, 3.05) is 18.8 Å². The van der Waals surface area contributed by atoms with Crippen LogP contribution in [-0.2, 0) is 4.79 Å². The molecule has 30 heavy (non-hydrogen) atoms. The summed E-state index contributed by atoms with van der Waals surface area (Å²) in [5, 5.41) is 9.72. The van der Waals surface area contributed by atoms with Gasteiger partial charge in [-0.05, 0) is 56.0 Å². The lowest BCUT2D eigenvalue weighted by Gasteiger charge is -2.20. The van der Waals surface area contributed by atoms with Crippen molar-refractivity contribution in [3.63, 3.8) is 0 Å². The zero-order valence-corrected chi connectivity index (χ0v) is 18.5. The summed E-state index contributed by atoms with van der Waals surface area (Å²) in [7, 11) is 0. The van der Waals surface area contributed by atoms with Crippen molar-refractivity contribution in [3.05, 3.63) is 59.7 Å². The fourth-order valence-corrected chi connectivity index (χ4v) is 4.63. The van der Waals surface area contributed by atoms with Crippen LogP contribution in [0.4, 0.5) is 0 Å². The second kappa shape index (κ2) is 9.47. The van der Waals surface area contributed by atoms with Crippen molar-refractivity contribution in [1.82, 2.24) is 19.7 Å². The fourth-order valence-electron chi connectivity index (χ4n) is 3.78. The van der Waals surface area contributed by atoms with E-state index in [0.29, 0.717) is 5.75 Å². The minimum Gasteiger partial charge on any atom is -0.342 e. The normalized spacial score (nSPS) is 14.5. The van der Waals surface area contributed by atoms with Gasteiger partial charge in [0.05, 0.1) is 5.75 Å². The van der Waals surface area contributed by atoms with Gasteiger partial charge in [-0.1, -0.05) is 54.9 Å². The van der Waals surface area contributed by atoms with Gasteiger partial charge in [0, 0.05) is 24.3 Å². The third-order valence-electron chi connectivity index (χ3n) is 5.70. The molecule has 4 rings (SSSR count). The van der Waals surface area contributed by atoms with Gasteiger partial charge in [0.2, 0.25) is 5.91 Å². The number of para-hydroxylation sites is 1. The van der Waals surface area contributed by atoms with Crippen molar-refractivity contribution < 1.29 is 4.79 Å². The Balaban J connectivity index is 1.62. The number of aromatic nitrogens is 3. The van der Waals surface area contributed by atoms with Gasteiger partial charge in [-0.3, -0.25) is 9.36 Å². The van der Waals surface area contributed by atoms with Crippen LogP contribution in [0.25, 0.3) is 17.1 Å². The molecule has 3 aromatic rings. The molecule has 0 atom stereocenters. The van der Waals surface area contributed by atoms with E-state index in [1.165, 1.54) is 35.7 Å². The summed E-state index contributed by atoms with van der Waals surface area (Å²) in [6.07, 6.45) is 4.65. The Labute approximate surface area is 182 Å². The van der Waals surface area contributed by atoms with Crippen LogP contribution in [0.3, 0.4) is 0 Å². The summed E-state index contributed by atoms with van der Waals surface area (Å²) in [5.41, 5.74) is 4.50. The molecule has 2 aromatic carbocycles. The Bertz CT molecular complexity index is 1010. The van der Waals surface area contributed by atoms with Gasteiger partial charge in [0.25, 0.3) is 0 Å². The number of aryl methyl sites for hydroxylation is 2. The Morgan fingerprint density at radius 1 is 0.933 bits per heavy atom. The number of hydrogen-bond acceptors (Lipinski definition) is 4. The van der Waals surface area contributed by atoms with E-state index in [1.54, 1.807) is 0 Å². The quantitative estimate of drug-likeness (QED) is 0.542. The lowest BCUT2D eigenvalue weighted by Crippen LogP contribution is -2.33. The van der Waals surface area contributed by atoms with Crippen LogP contribution in [0.15, 0.2) is 53.7 Å². The van der Waals surface area contributed by atoms with Gasteiger partial charge >= 0.3 is 0 Å². The van der Waals surface area contributed by atoms with E-state index in [1.807, 2.05) is 23.1 Å². The standard InChI is InChI=1S/C24H28N4OS/c1-18-12-13-20(16-19(18)2)23-25-26-24(28(23)21-10-6-5-7-11-21)30-17-22(29)27-14-8-3-4-9-15-27/h5-7,10-13,16H,3-4,8-9,14-15,17H2,1-2H3. The number of amides is 1. The molecule has 1 aliphatic rings. The minimum atomic E-state index is 0.192. The first kappa shape index (κ1) is 20.7. The summed E-state index contributed by atoms with van der Waals surface area (Å²) in [6, 6.07) is 16.5. The summed E-state index contributed by atoms with van der Waals surface area (Å²) >= 11 is 1.47. The minimum absolute atomic E-state index is 0.192. The maximum absolute atomic E-state index is 12.8. The zero-order valence-electron chi connectivity index (χ0n) is 17.7. The summed E-state index contributed by atoms with van der Waals surface area (Å²) in [5.74, 6) is 1.38. The third-order valence-corrected chi connectivity index (χ3v) is 6.61. The van der Waals surface area contributed by atoms with Crippen molar-refractivity contribution >= 4 is 17.7 Å². The van der Waals surface area contributed by atoms with E-state index in [0.717, 1.165) is 48.2 Å². The van der Waals surface area contributed by atoms with Crippen molar-refractivity contribution in [2.45, 2.75) is 44.7 Å². The number of benzene rings is 2. The smallest absolute Gasteiger partial charge is 0.233 e. The van der Waals surface area contributed by atoms with E-state index in [9.17, 15) is 4.79 Å². The average molecular weight is 421 g/mol. The number of nitrogens with zero attached hydrogens (tertiary/aromatic N) is 4. The van der Waals surface area contributed by atoms with Crippen LogP contribution in [0.1, 0.15) is 36.8 Å². The molecule has 6 heteroatoms. The number of thioether (sulfide) groups is 1. The monoisotopic (exact) mass is 420 g/mol. The van der Waals surface area contributed by atoms with Crippen LogP contribution in [0.2, 0.25) is 0 Å². The van der Waals surface area contributed by atoms with Crippen LogP contribution in [0.5, 0.6) is 0 Å². The van der Waals surface area contributed by atoms with Crippen LogP contribution < -0.4 is 0 Å². The van der Waals surface area contributed by atoms with Gasteiger partial charge in [-0.2, -0.15) is 0 Å². The van der Waals surface area contributed by atoms with Crippen LogP contribution >= 0.6 is 11.8 Å². The van der Waals surface area contributed by atoms with E-state index in [-0.39, 0.29) is 5.91 Å². The van der Waals surface area contributed by atoms with E-state index in [4.69, 9.17) is 0 Å². The number of carbonyl (C=O) groups excluding carboxylic acids is 1. The number of rotatable bonds is 5. The predicted molar refractivity (Wildman–Crippen MR) is 122 cm³/mol. The molecule has 0 radical (unpaired) electrons. The Morgan fingerprint density at radius 2 is 1.67 bits per heavy atom. The predicted octanol–water partition coefficient (Wildman–Crippen LogP) is 5.05. The van der Waals surface area contributed by atoms with Crippen molar-refractivity contribution in [3.8, 4) is 17.1 Å². The first-order valence-electron chi connectivity index (χ1n) is 10.6. The average Bonchev–Trinajstić information content (AvgIpc) is 2.99. The second-order valence-corrected chi connectivity index (χ2v) is 8.80. The number of likely N-dealkylation sites (tertiary alicyclic amines) is 1. The first-order valence-corrected chi connectivity index (χ1v) is 11.6. The molecule has 0 N–H and O–H groups in total. The van der Waals surface area contributed by atoms with E-state index in [2.05, 4.69) is 58.9 Å². The largest absolute Gasteiger partial charge is 0.342 e. The topological polar surface area (TPSA) is 51.0 Å². The van der Waals surface area contributed by atoms with Crippen molar-refractivity contribution in [2.24, 2.45) is 0 Å². The van der Waals surface area contributed by atoms with Crippen LogP contribution in [0, 0.1) is 13.8 Å². The maximum Gasteiger partial charge on any atom is 0.233 e. The fraction of sp³-hybridized carbons (Fsp3) is 0.375. The lowest BCUT2D eigenvalue weighted by molar-refractivity contribution is -0.128. The molecular formula is C24H28N4OS. The molecule has 0 bridgehead atoms. The van der Waals surface area contributed by atoms with E-state index < -0.39 is 0 Å². The first-order chi connectivity index (χ1) is 14.6. The highest BCUT2D eigenvalue weighted by molar-refractivity contribution is 7.99. The molecular weight excluding hydrogens is 392 g/mol. The second-order valence-electron chi connectivity index (χ2n) is 7.86. The maximum atomic E-state index is 12.8. The zero-order chi connectivity index (χ0) is 20.9. The number of carbonyl (C=O) groups is 1. The molecule has 1 saturated heterocycles. The molecule has 1 aromatic heterocycles. The van der Waals surface area contributed by atoms with Gasteiger partial charge in [-0.25, -0.2) is 0 Å². The van der Waals surface area contributed by atoms with Gasteiger partial charge in [0.15, 0.2) is 11.0 Å². The molecule has 1 fully saturated rings. The molecule has 0 aliphatic carbocycles. The Hall–Kier alpha value is -2.60. The molecule has 1 aliphatic heterocycles. The Kier molecular flexibility index (Phi) is 6.53. The molecule has 5 nitrogen and oxygen atoms in total. The summed E-state index contributed by atoms with van der Waals surface area (Å²) < 4.78 is 2.06. The van der Waals surface area contributed by atoms with Gasteiger partial charge in [-0.15, -0.1) is 10.2 Å². The summed E-state index contributed by atoms with van der Waals surface area (Å²) in [6.45, 7) is 5.96. The molecule has 0 unspecified atom stereocenters. The Morgan fingerprint density at radius 3 is 2.37 bits per heavy atom. The molecule has 1 amide bonds. The molecule has 2 heterocycles. The van der Waals surface area contributed by atoms with E-state index >= 15 is 0 Å². The van der Waals surface area contributed by atoms with Crippen LogP contribution in [-0.4, -0.2) is 44.4 Å². The highest BCUT2D eigenvalue weighted by Crippen LogP contribution is 2.29. The molecule has 0 spiro atoms.